The number of aromatic nitrogens is 3. The van der Waals surface area contributed by atoms with E-state index in [0.717, 1.165) is 12.3 Å². The first-order valence-electron chi connectivity index (χ1n) is 13.3. The van der Waals surface area contributed by atoms with Crippen molar-refractivity contribution in [3.05, 3.63) is 72.2 Å². The molecule has 1 aliphatic heterocycles. The Hall–Kier alpha value is -4.68. The first kappa shape index (κ1) is 29.8. The van der Waals surface area contributed by atoms with Gasteiger partial charge in [-0.25, -0.2) is 23.2 Å². The standard InChI is InChI=1S/C28H27F3N8O3S/c29-28(30,31)21-3-6-25(35-16-21)37-22-7-10-39(11-8-22)43(41,42)23-4-1-18(2-5-23)19-13-24-20(14-32)17-38(26(24)36-15-19)12-9-34-27(33)40/h1-6,13,15-17,22H,7-12H2,(H,35,37)(H3,33,34,40). The van der Waals surface area contributed by atoms with Gasteiger partial charge in [0.15, 0.2) is 0 Å². The molecule has 5 rings (SSSR count). The fourth-order valence-electron chi connectivity index (χ4n) is 4.95. The van der Waals surface area contributed by atoms with Crippen LogP contribution in [0.25, 0.3) is 22.2 Å². The summed E-state index contributed by atoms with van der Waals surface area (Å²) in [6, 6.07) is 11.8. The highest BCUT2D eigenvalue weighted by atomic mass is 32.2. The highest BCUT2D eigenvalue weighted by molar-refractivity contribution is 7.89. The normalized spacial score (nSPS) is 14.8. The van der Waals surface area contributed by atoms with Crippen LogP contribution in [0.4, 0.5) is 23.8 Å². The number of fused-ring (bicyclic) bond motifs is 1. The second kappa shape index (κ2) is 11.9. The zero-order chi connectivity index (χ0) is 30.8. The quantitative estimate of drug-likeness (QED) is 0.272. The molecule has 0 saturated carbocycles. The van der Waals surface area contributed by atoms with Gasteiger partial charge in [0.25, 0.3) is 0 Å². The maximum Gasteiger partial charge on any atom is 0.417 e. The van der Waals surface area contributed by atoms with Gasteiger partial charge < -0.3 is 20.9 Å². The summed E-state index contributed by atoms with van der Waals surface area (Å²) in [5.41, 5.74) is 6.67. The summed E-state index contributed by atoms with van der Waals surface area (Å²) >= 11 is 0. The van der Waals surface area contributed by atoms with Crippen LogP contribution in [0.5, 0.6) is 0 Å². The molecule has 1 aliphatic rings. The Morgan fingerprint density at radius 3 is 2.40 bits per heavy atom. The van der Waals surface area contributed by atoms with Crippen molar-refractivity contribution >= 4 is 32.9 Å². The molecule has 43 heavy (non-hydrogen) atoms. The van der Waals surface area contributed by atoms with Crippen molar-refractivity contribution in [2.24, 2.45) is 5.73 Å². The molecule has 2 amide bonds. The summed E-state index contributed by atoms with van der Waals surface area (Å²) in [6.07, 6.45) is 0.516. The van der Waals surface area contributed by atoms with Gasteiger partial charge in [-0.15, -0.1) is 0 Å². The van der Waals surface area contributed by atoms with E-state index in [4.69, 9.17) is 5.73 Å². The number of piperidine rings is 1. The molecule has 11 nitrogen and oxygen atoms in total. The number of nitrogens with two attached hydrogens (primary N) is 1. The molecule has 1 saturated heterocycles. The topological polar surface area (TPSA) is 159 Å². The molecule has 0 radical (unpaired) electrons. The molecule has 0 atom stereocenters. The van der Waals surface area contributed by atoms with Gasteiger partial charge in [0.1, 0.15) is 17.5 Å². The average molecular weight is 613 g/mol. The number of nitrogens with zero attached hydrogens (tertiary/aromatic N) is 5. The van der Waals surface area contributed by atoms with Crippen LogP contribution in [-0.2, 0) is 22.7 Å². The van der Waals surface area contributed by atoms with E-state index in [1.165, 1.54) is 22.5 Å². The predicted octanol–water partition coefficient (Wildman–Crippen LogP) is 3.92. The smallest absolute Gasteiger partial charge is 0.367 e. The third-order valence-electron chi connectivity index (χ3n) is 7.21. The van der Waals surface area contributed by atoms with Gasteiger partial charge in [0.2, 0.25) is 10.0 Å². The number of nitrogens with one attached hydrogen (secondary N) is 2. The minimum atomic E-state index is -4.46. The number of hydrogen-bond donors (Lipinski definition) is 3. The van der Waals surface area contributed by atoms with Crippen molar-refractivity contribution in [1.82, 2.24) is 24.2 Å². The van der Waals surface area contributed by atoms with Crippen molar-refractivity contribution < 1.29 is 26.4 Å². The van der Waals surface area contributed by atoms with Crippen LogP contribution in [-0.4, -0.2) is 59.0 Å². The van der Waals surface area contributed by atoms with Gasteiger partial charge in [-0.2, -0.15) is 22.7 Å². The number of carbonyl (C=O) groups is 1. The van der Waals surface area contributed by atoms with Gasteiger partial charge in [-0.05, 0) is 48.7 Å². The van der Waals surface area contributed by atoms with Gasteiger partial charge in [0.05, 0.1) is 16.0 Å². The molecule has 1 fully saturated rings. The molecular weight excluding hydrogens is 585 g/mol. The highest BCUT2D eigenvalue weighted by Crippen LogP contribution is 2.30. The lowest BCUT2D eigenvalue weighted by Gasteiger charge is -2.32. The molecule has 3 aromatic heterocycles. The Balaban J connectivity index is 1.24. The summed E-state index contributed by atoms with van der Waals surface area (Å²) in [7, 11) is -3.77. The Kier molecular flexibility index (Phi) is 8.25. The number of benzene rings is 1. The zero-order valence-electron chi connectivity index (χ0n) is 22.7. The first-order valence-corrected chi connectivity index (χ1v) is 14.7. The van der Waals surface area contributed by atoms with Crippen molar-refractivity contribution in [2.45, 2.75) is 36.5 Å². The van der Waals surface area contributed by atoms with Crippen molar-refractivity contribution in [2.75, 3.05) is 25.0 Å². The third-order valence-corrected chi connectivity index (χ3v) is 9.12. The summed E-state index contributed by atoms with van der Waals surface area (Å²) in [5, 5.41) is 15.8. The van der Waals surface area contributed by atoms with Crippen LogP contribution in [0.15, 0.2) is 66.0 Å². The maximum absolute atomic E-state index is 13.3. The minimum absolute atomic E-state index is 0.131. The molecule has 1 aromatic carbocycles. The third kappa shape index (κ3) is 6.55. The largest absolute Gasteiger partial charge is 0.417 e. The number of halogens is 3. The fraction of sp³-hybridized carbons (Fsp3) is 0.286. The summed E-state index contributed by atoms with van der Waals surface area (Å²) in [6.45, 7) is 1.13. The Morgan fingerprint density at radius 1 is 1.07 bits per heavy atom. The van der Waals surface area contributed by atoms with Gasteiger partial charge in [-0.3, -0.25) is 0 Å². The number of nitriles is 1. The lowest BCUT2D eigenvalue weighted by Crippen LogP contribution is -2.42. The van der Waals surface area contributed by atoms with E-state index in [9.17, 15) is 31.6 Å². The number of alkyl halides is 3. The molecule has 0 unspecified atom stereocenters. The van der Waals surface area contributed by atoms with E-state index in [1.54, 1.807) is 29.1 Å². The second-order valence-electron chi connectivity index (χ2n) is 10.0. The lowest BCUT2D eigenvalue weighted by atomic mass is 10.1. The van der Waals surface area contributed by atoms with Crippen LogP contribution >= 0.6 is 0 Å². The van der Waals surface area contributed by atoms with Crippen LogP contribution in [0, 0.1) is 11.3 Å². The first-order chi connectivity index (χ1) is 20.5. The number of sulfonamides is 1. The van der Waals surface area contributed by atoms with Crippen molar-refractivity contribution in [3.63, 3.8) is 0 Å². The fourth-order valence-corrected chi connectivity index (χ4v) is 6.42. The second-order valence-corrected chi connectivity index (χ2v) is 11.9. The Labute approximate surface area is 245 Å². The van der Waals surface area contributed by atoms with Crippen molar-refractivity contribution in [3.8, 4) is 17.2 Å². The molecule has 4 N–H and O–H groups in total. The molecule has 4 heterocycles. The molecule has 4 aromatic rings. The van der Waals surface area contributed by atoms with Crippen molar-refractivity contribution in [1.29, 1.82) is 5.26 Å². The number of anilines is 1. The molecule has 0 aliphatic carbocycles. The van der Waals surface area contributed by atoms with E-state index in [-0.39, 0.29) is 30.6 Å². The molecule has 0 spiro atoms. The molecule has 15 heteroatoms. The van der Waals surface area contributed by atoms with E-state index in [2.05, 4.69) is 26.7 Å². The number of urea groups is 1. The highest BCUT2D eigenvalue weighted by Gasteiger charge is 2.32. The zero-order valence-corrected chi connectivity index (χ0v) is 23.5. The summed E-state index contributed by atoms with van der Waals surface area (Å²) in [5.74, 6) is 0.302. The van der Waals surface area contributed by atoms with Gasteiger partial charge in [-0.1, -0.05) is 12.1 Å². The number of primary amides is 1. The predicted molar refractivity (Wildman–Crippen MR) is 152 cm³/mol. The van der Waals surface area contributed by atoms with E-state index >= 15 is 0 Å². The number of rotatable bonds is 8. The van der Waals surface area contributed by atoms with Crippen LogP contribution in [0.1, 0.15) is 24.0 Å². The lowest BCUT2D eigenvalue weighted by molar-refractivity contribution is -0.137. The van der Waals surface area contributed by atoms with E-state index < -0.39 is 27.8 Å². The number of carbonyl (C=O) groups excluding carboxylic acids is 1. The maximum atomic E-state index is 13.3. The van der Waals surface area contributed by atoms with Crippen LogP contribution in [0.3, 0.4) is 0 Å². The van der Waals surface area contributed by atoms with Gasteiger partial charge in [0, 0.05) is 61.8 Å². The Morgan fingerprint density at radius 2 is 1.79 bits per heavy atom. The van der Waals surface area contributed by atoms with Gasteiger partial charge >= 0.3 is 12.2 Å². The average Bonchev–Trinajstić information content (AvgIpc) is 3.34. The summed E-state index contributed by atoms with van der Waals surface area (Å²) in [4.78, 5) is 19.4. The van der Waals surface area contributed by atoms with Crippen LogP contribution < -0.4 is 16.4 Å². The minimum Gasteiger partial charge on any atom is -0.367 e. The number of amides is 2. The monoisotopic (exact) mass is 612 g/mol. The molecule has 224 valence electrons. The SMILES string of the molecule is N#Cc1cn(CCNC(N)=O)c2ncc(-c3ccc(S(=O)(=O)N4CCC(Nc5ccc(C(F)(F)F)cn5)CC4)cc3)cc12. The van der Waals surface area contributed by atoms with E-state index in [0.29, 0.717) is 52.9 Å². The number of hydrogen-bond acceptors (Lipinski definition) is 7. The number of pyridine rings is 2. The van der Waals surface area contributed by atoms with E-state index in [1.807, 2.05) is 6.07 Å². The van der Waals surface area contributed by atoms with Crippen LogP contribution in [0.2, 0.25) is 0 Å². The Bertz CT molecular complexity index is 1780. The molecule has 0 bridgehead atoms. The molecular formula is C28H27F3N8O3S. The summed E-state index contributed by atoms with van der Waals surface area (Å²) < 4.78 is 68.1.